The van der Waals surface area contributed by atoms with Crippen LogP contribution >= 0.6 is 11.3 Å². The molecule has 1 saturated heterocycles. The van der Waals surface area contributed by atoms with E-state index in [0.29, 0.717) is 13.1 Å². The van der Waals surface area contributed by atoms with Crippen molar-refractivity contribution in [2.45, 2.75) is 19.4 Å². The van der Waals surface area contributed by atoms with Crippen LogP contribution in [0.3, 0.4) is 0 Å². The summed E-state index contributed by atoms with van der Waals surface area (Å²) in [4.78, 5) is 22.2. The minimum absolute atomic E-state index is 0.243. The molecule has 6 heteroatoms. The third-order valence-corrected chi connectivity index (χ3v) is 4.59. The van der Waals surface area contributed by atoms with Crippen molar-refractivity contribution in [3.05, 3.63) is 35.5 Å². The van der Waals surface area contributed by atoms with Gasteiger partial charge in [-0.05, 0) is 31.5 Å². The number of aromatic nitrogens is 2. The number of rotatable bonds is 4. The highest BCUT2D eigenvalue weighted by atomic mass is 32.1. The van der Waals surface area contributed by atoms with Crippen LogP contribution in [0.5, 0.6) is 0 Å². The molecule has 2 aromatic rings. The molecule has 0 aromatic carbocycles. The monoisotopic (exact) mass is 303 g/mol. The van der Waals surface area contributed by atoms with Crippen LogP contribution in [0.25, 0.3) is 10.7 Å². The first-order valence-corrected chi connectivity index (χ1v) is 7.91. The van der Waals surface area contributed by atoms with Crippen molar-refractivity contribution >= 4 is 17.3 Å². The molecule has 1 N–H and O–H groups in total. The van der Waals surface area contributed by atoms with E-state index in [-0.39, 0.29) is 5.92 Å². The summed E-state index contributed by atoms with van der Waals surface area (Å²) in [6, 6.07) is 5.78. The fourth-order valence-electron chi connectivity index (χ4n) is 2.62. The molecule has 0 aliphatic carbocycles. The molecule has 0 spiro atoms. The molecule has 0 bridgehead atoms. The normalized spacial score (nSPS) is 19.5. The number of likely N-dealkylation sites (tertiary alicyclic amines) is 1. The number of carboxylic acid groups (broad SMARTS) is 1. The number of aliphatic carboxylic acids is 1. The zero-order valence-electron chi connectivity index (χ0n) is 11.6. The molecule has 0 amide bonds. The predicted molar refractivity (Wildman–Crippen MR) is 81.0 cm³/mol. The maximum absolute atomic E-state index is 11.1. The van der Waals surface area contributed by atoms with E-state index in [1.807, 2.05) is 23.6 Å². The van der Waals surface area contributed by atoms with E-state index in [4.69, 9.17) is 5.11 Å². The summed E-state index contributed by atoms with van der Waals surface area (Å²) < 4.78 is 0. The highest BCUT2D eigenvalue weighted by Gasteiger charge is 2.25. The summed E-state index contributed by atoms with van der Waals surface area (Å²) >= 11 is 1.58. The fourth-order valence-corrected chi connectivity index (χ4v) is 3.40. The zero-order chi connectivity index (χ0) is 14.7. The van der Waals surface area contributed by atoms with Crippen molar-refractivity contribution in [1.82, 2.24) is 14.9 Å². The molecule has 3 heterocycles. The second kappa shape index (κ2) is 6.32. The van der Waals surface area contributed by atoms with Gasteiger partial charge in [-0.2, -0.15) is 0 Å². The Bertz CT molecular complexity index is 614. The average molecular weight is 303 g/mol. The van der Waals surface area contributed by atoms with E-state index in [9.17, 15) is 4.79 Å². The number of pyridine rings is 1. The summed E-state index contributed by atoms with van der Waals surface area (Å²) in [6.07, 6.45) is 3.48. The van der Waals surface area contributed by atoms with Crippen molar-refractivity contribution in [2.24, 2.45) is 5.92 Å². The Hall–Kier alpha value is -1.79. The Balaban J connectivity index is 1.66. The van der Waals surface area contributed by atoms with Gasteiger partial charge in [-0.3, -0.25) is 14.7 Å². The lowest BCUT2D eigenvalue weighted by Crippen LogP contribution is -2.38. The van der Waals surface area contributed by atoms with E-state index in [2.05, 4.69) is 14.9 Å². The zero-order valence-corrected chi connectivity index (χ0v) is 12.4. The number of hydrogen-bond donors (Lipinski definition) is 1. The van der Waals surface area contributed by atoms with Gasteiger partial charge in [0, 0.05) is 24.7 Å². The molecule has 3 rings (SSSR count). The lowest BCUT2D eigenvalue weighted by Gasteiger charge is -2.29. The van der Waals surface area contributed by atoms with Gasteiger partial charge in [-0.1, -0.05) is 6.07 Å². The average Bonchev–Trinajstić information content (AvgIpc) is 2.97. The van der Waals surface area contributed by atoms with Crippen molar-refractivity contribution in [3.8, 4) is 10.7 Å². The molecule has 1 fully saturated rings. The molecule has 0 radical (unpaired) electrons. The molecule has 1 unspecified atom stereocenters. The first-order chi connectivity index (χ1) is 10.2. The van der Waals surface area contributed by atoms with Crippen LogP contribution in [-0.4, -0.2) is 39.0 Å². The van der Waals surface area contributed by atoms with Gasteiger partial charge in [-0.15, -0.1) is 11.3 Å². The van der Waals surface area contributed by atoms with E-state index >= 15 is 0 Å². The SMILES string of the molecule is O=C(O)C1CCCN(Cc2csc(-c3ccccn3)n2)C1. The maximum atomic E-state index is 11.1. The molecule has 5 nitrogen and oxygen atoms in total. The molecular formula is C15H17N3O2S. The lowest BCUT2D eigenvalue weighted by molar-refractivity contribution is -0.143. The third-order valence-electron chi connectivity index (χ3n) is 3.68. The van der Waals surface area contributed by atoms with Gasteiger partial charge in [0.15, 0.2) is 0 Å². The smallest absolute Gasteiger partial charge is 0.307 e. The minimum atomic E-state index is -0.688. The number of nitrogens with zero attached hydrogens (tertiary/aromatic N) is 3. The highest BCUT2D eigenvalue weighted by molar-refractivity contribution is 7.13. The Morgan fingerprint density at radius 2 is 2.38 bits per heavy atom. The van der Waals surface area contributed by atoms with Crippen molar-refractivity contribution < 1.29 is 9.90 Å². The highest BCUT2D eigenvalue weighted by Crippen LogP contribution is 2.24. The summed E-state index contributed by atoms with van der Waals surface area (Å²) in [5.74, 6) is -0.931. The topological polar surface area (TPSA) is 66.3 Å². The van der Waals surface area contributed by atoms with Crippen LogP contribution in [0.2, 0.25) is 0 Å². The first kappa shape index (κ1) is 14.2. The molecule has 2 aromatic heterocycles. The van der Waals surface area contributed by atoms with Gasteiger partial charge in [0.05, 0.1) is 17.3 Å². The van der Waals surface area contributed by atoms with Crippen molar-refractivity contribution in [1.29, 1.82) is 0 Å². The summed E-state index contributed by atoms with van der Waals surface area (Å²) in [5, 5.41) is 12.1. The fraction of sp³-hybridized carbons (Fsp3) is 0.400. The number of carboxylic acids is 1. The molecule has 1 aliphatic heterocycles. The maximum Gasteiger partial charge on any atom is 0.307 e. The molecule has 0 saturated carbocycles. The van der Waals surface area contributed by atoms with Crippen molar-refractivity contribution in [3.63, 3.8) is 0 Å². The predicted octanol–water partition coefficient (Wildman–Crippen LogP) is 2.50. The van der Waals surface area contributed by atoms with E-state index in [1.54, 1.807) is 17.5 Å². The van der Waals surface area contributed by atoms with Gasteiger partial charge >= 0.3 is 5.97 Å². The third kappa shape index (κ3) is 3.46. The Labute approximate surface area is 127 Å². The Kier molecular flexibility index (Phi) is 4.26. The number of carbonyl (C=O) groups is 1. The number of hydrogen-bond acceptors (Lipinski definition) is 5. The van der Waals surface area contributed by atoms with Gasteiger partial charge < -0.3 is 5.11 Å². The van der Waals surface area contributed by atoms with Crippen LogP contribution in [0.4, 0.5) is 0 Å². The summed E-state index contributed by atoms with van der Waals surface area (Å²) in [5.41, 5.74) is 1.88. The molecule has 1 atom stereocenters. The number of piperidine rings is 1. The first-order valence-electron chi connectivity index (χ1n) is 7.03. The van der Waals surface area contributed by atoms with E-state index < -0.39 is 5.97 Å². The molecule has 110 valence electrons. The van der Waals surface area contributed by atoms with Gasteiger partial charge in [0.1, 0.15) is 5.01 Å². The molecule has 1 aliphatic rings. The standard InChI is InChI=1S/C15H17N3O2S/c19-15(20)11-4-3-7-18(8-11)9-12-10-21-14(17-12)13-5-1-2-6-16-13/h1-2,5-6,10-11H,3-4,7-9H2,(H,19,20). The quantitative estimate of drug-likeness (QED) is 0.940. The van der Waals surface area contributed by atoms with Crippen LogP contribution in [0, 0.1) is 5.92 Å². The number of thiazole rings is 1. The Morgan fingerprint density at radius 1 is 1.48 bits per heavy atom. The van der Waals surface area contributed by atoms with Crippen LogP contribution in [0.15, 0.2) is 29.8 Å². The summed E-state index contributed by atoms with van der Waals surface area (Å²) in [6.45, 7) is 2.28. The lowest BCUT2D eigenvalue weighted by atomic mass is 9.98. The largest absolute Gasteiger partial charge is 0.481 e. The Morgan fingerprint density at radius 3 is 3.14 bits per heavy atom. The van der Waals surface area contributed by atoms with Gasteiger partial charge in [0.2, 0.25) is 0 Å². The van der Waals surface area contributed by atoms with Crippen LogP contribution in [-0.2, 0) is 11.3 Å². The second-order valence-corrected chi connectivity index (χ2v) is 6.13. The second-order valence-electron chi connectivity index (χ2n) is 5.27. The molecule has 21 heavy (non-hydrogen) atoms. The van der Waals surface area contributed by atoms with E-state index in [1.165, 1.54) is 0 Å². The van der Waals surface area contributed by atoms with Crippen LogP contribution in [0.1, 0.15) is 18.5 Å². The molecular weight excluding hydrogens is 286 g/mol. The van der Waals surface area contributed by atoms with Crippen LogP contribution < -0.4 is 0 Å². The minimum Gasteiger partial charge on any atom is -0.481 e. The summed E-state index contributed by atoms with van der Waals surface area (Å²) in [7, 11) is 0. The van der Waals surface area contributed by atoms with Gasteiger partial charge in [-0.25, -0.2) is 4.98 Å². The van der Waals surface area contributed by atoms with E-state index in [0.717, 1.165) is 35.8 Å². The van der Waals surface area contributed by atoms with Gasteiger partial charge in [0.25, 0.3) is 0 Å². The van der Waals surface area contributed by atoms with Crippen molar-refractivity contribution in [2.75, 3.05) is 13.1 Å².